The number of halogens is 1. The predicted octanol–water partition coefficient (Wildman–Crippen LogP) is 2.98. The minimum absolute atomic E-state index is 0.313. The van der Waals surface area contributed by atoms with Crippen LogP contribution < -0.4 is 0 Å². The zero-order chi connectivity index (χ0) is 11.3. The van der Waals surface area contributed by atoms with E-state index >= 15 is 0 Å². The Kier molecular flexibility index (Phi) is 4.78. The van der Waals surface area contributed by atoms with Gasteiger partial charge in [-0.15, -0.1) is 0 Å². The van der Waals surface area contributed by atoms with Crippen molar-refractivity contribution in [2.24, 2.45) is 0 Å². The molecule has 0 aliphatic heterocycles. The molecule has 1 rings (SSSR count). The smallest absolute Gasteiger partial charge is 0.345 e. The standard InChI is InChI=1S/C10H8INO2S/c1-2-14-10(13)9(11)8(5-12)7-3-4-15-6-7/h3-4,6H,2H2,1H3/b9-8-. The van der Waals surface area contributed by atoms with E-state index in [0.29, 0.717) is 15.8 Å². The lowest BCUT2D eigenvalue weighted by Gasteiger charge is -2.02. The molecule has 0 amide bonds. The summed E-state index contributed by atoms with van der Waals surface area (Å²) >= 11 is 3.33. The van der Waals surface area contributed by atoms with Crippen molar-refractivity contribution in [3.8, 4) is 6.07 Å². The van der Waals surface area contributed by atoms with Crippen LogP contribution >= 0.6 is 33.9 Å². The van der Waals surface area contributed by atoms with Crippen LogP contribution in [0.5, 0.6) is 0 Å². The SMILES string of the molecule is CCOC(=O)/C(I)=C(\C#N)c1ccsc1. The Hall–Kier alpha value is -0.870. The van der Waals surface area contributed by atoms with Crippen LogP contribution in [0.1, 0.15) is 12.5 Å². The molecular weight excluding hydrogens is 325 g/mol. The highest BCUT2D eigenvalue weighted by Gasteiger charge is 2.15. The molecule has 0 spiro atoms. The summed E-state index contributed by atoms with van der Waals surface area (Å²) in [5.41, 5.74) is 1.13. The summed E-state index contributed by atoms with van der Waals surface area (Å²) in [4.78, 5) is 11.4. The van der Waals surface area contributed by atoms with Gasteiger partial charge in [-0.3, -0.25) is 0 Å². The molecule has 0 saturated carbocycles. The molecule has 0 N–H and O–H groups in total. The van der Waals surface area contributed by atoms with Gasteiger partial charge in [0.25, 0.3) is 0 Å². The Morgan fingerprint density at radius 1 is 1.73 bits per heavy atom. The normalized spacial score (nSPS) is 11.5. The maximum atomic E-state index is 11.4. The van der Waals surface area contributed by atoms with Crippen molar-refractivity contribution < 1.29 is 9.53 Å². The van der Waals surface area contributed by atoms with Crippen LogP contribution in [0.2, 0.25) is 0 Å². The first-order valence-corrected chi connectivity index (χ1v) is 6.22. The summed E-state index contributed by atoms with van der Waals surface area (Å²) in [6.07, 6.45) is 0. The topological polar surface area (TPSA) is 50.1 Å². The van der Waals surface area contributed by atoms with E-state index in [2.05, 4.69) is 0 Å². The zero-order valence-corrected chi connectivity index (χ0v) is 11.0. The fourth-order valence-corrected chi connectivity index (χ4v) is 2.18. The second kappa shape index (κ2) is 5.88. The lowest BCUT2D eigenvalue weighted by Crippen LogP contribution is -2.04. The lowest BCUT2D eigenvalue weighted by molar-refractivity contribution is -0.137. The van der Waals surface area contributed by atoms with Crippen LogP contribution in [-0.2, 0) is 9.53 Å². The molecule has 0 unspecified atom stereocenters. The Balaban J connectivity index is 3.05. The van der Waals surface area contributed by atoms with Gasteiger partial charge in [0.2, 0.25) is 0 Å². The van der Waals surface area contributed by atoms with Gasteiger partial charge < -0.3 is 4.74 Å². The van der Waals surface area contributed by atoms with Crippen LogP contribution in [0.25, 0.3) is 5.57 Å². The van der Waals surface area contributed by atoms with Gasteiger partial charge >= 0.3 is 5.97 Å². The first kappa shape index (κ1) is 12.2. The molecule has 0 radical (unpaired) electrons. The van der Waals surface area contributed by atoms with Crippen LogP contribution in [0.3, 0.4) is 0 Å². The maximum Gasteiger partial charge on any atom is 0.345 e. The van der Waals surface area contributed by atoms with Gasteiger partial charge in [0, 0.05) is 5.56 Å². The fourth-order valence-electron chi connectivity index (χ4n) is 0.944. The molecule has 1 aromatic heterocycles. The van der Waals surface area contributed by atoms with E-state index in [4.69, 9.17) is 10.00 Å². The lowest BCUT2D eigenvalue weighted by atomic mass is 10.1. The van der Waals surface area contributed by atoms with Crippen LogP contribution in [-0.4, -0.2) is 12.6 Å². The van der Waals surface area contributed by atoms with Crippen molar-refractivity contribution in [1.29, 1.82) is 5.26 Å². The number of nitrogens with zero attached hydrogens (tertiary/aromatic N) is 1. The quantitative estimate of drug-likeness (QED) is 0.370. The Morgan fingerprint density at radius 2 is 2.47 bits per heavy atom. The molecule has 0 saturated heterocycles. The number of carbonyl (C=O) groups excluding carboxylic acids is 1. The van der Waals surface area contributed by atoms with E-state index in [-0.39, 0.29) is 0 Å². The van der Waals surface area contributed by atoms with Gasteiger partial charge in [0.15, 0.2) is 0 Å². The van der Waals surface area contributed by atoms with Gasteiger partial charge in [-0.1, -0.05) is 0 Å². The number of rotatable bonds is 3. The molecule has 0 atom stereocenters. The number of ether oxygens (including phenoxy) is 1. The van der Waals surface area contributed by atoms with Crippen LogP contribution in [0.4, 0.5) is 0 Å². The van der Waals surface area contributed by atoms with E-state index in [1.165, 1.54) is 11.3 Å². The highest BCUT2D eigenvalue weighted by Crippen LogP contribution is 2.25. The van der Waals surface area contributed by atoms with E-state index in [1.54, 1.807) is 13.0 Å². The number of nitriles is 1. The summed E-state index contributed by atoms with van der Waals surface area (Å²) in [5, 5.41) is 12.7. The summed E-state index contributed by atoms with van der Waals surface area (Å²) in [6, 6.07) is 3.83. The number of hydrogen-bond donors (Lipinski definition) is 0. The van der Waals surface area contributed by atoms with E-state index in [9.17, 15) is 4.79 Å². The van der Waals surface area contributed by atoms with Crippen molar-refractivity contribution in [1.82, 2.24) is 0 Å². The second-order valence-electron chi connectivity index (χ2n) is 2.53. The second-order valence-corrected chi connectivity index (χ2v) is 4.39. The van der Waals surface area contributed by atoms with Gasteiger partial charge in [-0.2, -0.15) is 16.6 Å². The third kappa shape index (κ3) is 3.04. The monoisotopic (exact) mass is 333 g/mol. The molecule has 0 bridgehead atoms. The van der Waals surface area contributed by atoms with Gasteiger partial charge in [0.05, 0.1) is 12.2 Å². The van der Waals surface area contributed by atoms with Crippen molar-refractivity contribution in [3.05, 3.63) is 26.0 Å². The number of thiophene rings is 1. The van der Waals surface area contributed by atoms with Gasteiger partial charge in [-0.25, -0.2) is 4.79 Å². The van der Waals surface area contributed by atoms with Crippen LogP contribution in [0, 0.1) is 11.3 Å². The fraction of sp³-hybridized carbons (Fsp3) is 0.200. The summed E-state index contributed by atoms with van der Waals surface area (Å²) < 4.78 is 5.16. The van der Waals surface area contributed by atoms with Crippen LogP contribution in [0.15, 0.2) is 20.4 Å². The molecule has 0 fully saturated rings. The molecule has 0 aliphatic rings. The molecule has 3 nitrogen and oxygen atoms in total. The summed E-state index contributed by atoms with van der Waals surface area (Å²) in [5.74, 6) is -0.444. The minimum atomic E-state index is -0.444. The third-order valence-corrected chi connectivity index (χ3v) is 3.26. The average molecular weight is 333 g/mol. The van der Waals surface area contributed by atoms with Crippen molar-refractivity contribution in [2.75, 3.05) is 6.61 Å². The average Bonchev–Trinajstić information content (AvgIpc) is 2.72. The molecule has 1 aromatic rings. The van der Waals surface area contributed by atoms with E-state index < -0.39 is 5.97 Å². The highest BCUT2D eigenvalue weighted by molar-refractivity contribution is 14.1. The Labute approximate surface area is 106 Å². The van der Waals surface area contributed by atoms with Crippen molar-refractivity contribution in [3.63, 3.8) is 0 Å². The Morgan fingerprint density at radius 3 is 2.93 bits per heavy atom. The number of esters is 1. The van der Waals surface area contributed by atoms with Gasteiger partial charge in [0.1, 0.15) is 9.65 Å². The first-order chi connectivity index (χ1) is 7.20. The van der Waals surface area contributed by atoms with Crippen molar-refractivity contribution >= 4 is 45.5 Å². The predicted molar refractivity (Wildman–Crippen MR) is 67.5 cm³/mol. The summed E-state index contributed by atoms with van der Waals surface area (Å²) in [7, 11) is 0. The molecule has 0 aromatic carbocycles. The van der Waals surface area contributed by atoms with E-state index in [0.717, 1.165) is 5.56 Å². The minimum Gasteiger partial charge on any atom is -0.462 e. The molecule has 0 aliphatic carbocycles. The zero-order valence-electron chi connectivity index (χ0n) is 7.99. The molecule has 78 valence electrons. The molecule has 1 heterocycles. The van der Waals surface area contributed by atoms with E-state index in [1.807, 2.05) is 39.4 Å². The number of allylic oxidation sites excluding steroid dienone is 1. The molecule has 15 heavy (non-hydrogen) atoms. The highest BCUT2D eigenvalue weighted by atomic mass is 127. The third-order valence-electron chi connectivity index (χ3n) is 1.60. The Bertz CT molecular complexity index is 417. The maximum absolute atomic E-state index is 11.4. The largest absolute Gasteiger partial charge is 0.462 e. The van der Waals surface area contributed by atoms with Crippen molar-refractivity contribution in [2.45, 2.75) is 6.92 Å². The van der Waals surface area contributed by atoms with Gasteiger partial charge in [-0.05, 0) is 46.3 Å². The number of carbonyl (C=O) groups is 1. The summed E-state index contributed by atoms with van der Waals surface area (Å²) in [6.45, 7) is 2.05. The number of hydrogen-bond acceptors (Lipinski definition) is 4. The molecule has 5 heteroatoms. The molecular formula is C10H8INO2S. The first-order valence-electron chi connectivity index (χ1n) is 4.20.